The lowest BCUT2D eigenvalue weighted by Crippen LogP contribution is -2.30. The fourth-order valence-corrected chi connectivity index (χ4v) is 2.94. The highest BCUT2D eigenvalue weighted by atomic mass is 35.5. The van der Waals surface area contributed by atoms with Gasteiger partial charge < -0.3 is 15.4 Å². The van der Waals surface area contributed by atoms with E-state index in [1.807, 2.05) is 0 Å². The number of nitro groups is 1. The second-order valence-electron chi connectivity index (χ2n) is 6.67. The Kier molecular flexibility index (Phi) is 7.37. The van der Waals surface area contributed by atoms with Crippen LogP contribution >= 0.6 is 11.6 Å². The summed E-state index contributed by atoms with van der Waals surface area (Å²) in [7, 11) is 1.49. The molecule has 3 aromatic carbocycles. The Morgan fingerprint density at radius 1 is 1.06 bits per heavy atom. The lowest BCUT2D eigenvalue weighted by molar-refractivity contribution is -0.384. The van der Waals surface area contributed by atoms with Crippen LogP contribution in [-0.4, -0.2) is 23.8 Å². The third kappa shape index (κ3) is 6.14. The van der Waals surface area contributed by atoms with Crippen molar-refractivity contribution in [3.63, 3.8) is 0 Å². The van der Waals surface area contributed by atoms with Crippen LogP contribution in [0.15, 0.2) is 72.4 Å². The highest BCUT2D eigenvalue weighted by molar-refractivity contribution is 6.32. The summed E-state index contributed by atoms with van der Waals surface area (Å²) < 4.78 is 18.3. The van der Waals surface area contributed by atoms with Crippen LogP contribution in [0.5, 0.6) is 5.75 Å². The van der Waals surface area contributed by atoms with E-state index in [1.165, 1.54) is 61.7 Å². The molecule has 10 heteroatoms. The zero-order valence-corrected chi connectivity index (χ0v) is 17.9. The number of benzene rings is 3. The minimum Gasteiger partial charge on any atom is -0.497 e. The van der Waals surface area contributed by atoms with Crippen molar-refractivity contribution < 1.29 is 23.6 Å². The summed E-state index contributed by atoms with van der Waals surface area (Å²) in [5.41, 5.74) is 0.245. The number of hydrogen-bond donors (Lipinski definition) is 2. The zero-order chi connectivity index (χ0) is 24.0. The van der Waals surface area contributed by atoms with Crippen molar-refractivity contribution in [2.24, 2.45) is 0 Å². The maximum absolute atomic E-state index is 13.3. The second kappa shape index (κ2) is 10.4. The van der Waals surface area contributed by atoms with Crippen LogP contribution in [0, 0.1) is 15.9 Å². The predicted molar refractivity (Wildman–Crippen MR) is 122 cm³/mol. The van der Waals surface area contributed by atoms with Crippen LogP contribution in [0.3, 0.4) is 0 Å². The predicted octanol–water partition coefficient (Wildman–Crippen LogP) is 4.81. The molecule has 0 spiro atoms. The molecule has 2 amide bonds. The quantitative estimate of drug-likeness (QED) is 0.293. The van der Waals surface area contributed by atoms with Gasteiger partial charge in [0.25, 0.3) is 17.5 Å². The van der Waals surface area contributed by atoms with E-state index in [2.05, 4.69) is 10.6 Å². The van der Waals surface area contributed by atoms with Crippen molar-refractivity contribution in [3.05, 3.63) is 105 Å². The Morgan fingerprint density at radius 3 is 2.33 bits per heavy atom. The number of rotatable bonds is 7. The van der Waals surface area contributed by atoms with Gasteiger partial charge in [-0.1, -0.05) is 23.7 Å². The summed E-state index contributed by atoms with van der Waals surface area (Å²) in [6, 6.07) is 15.2. The highest BCUT2D eigenvalue weighted by Crippen LogP contribution is 2.27. The third-order valence-electron chi connectivity index (χ3n) is 4.43. The molecule has 0 aromatic heterocycles. The normalized spacial score (nSPS) is 10.9. The SMILES string of the molecule is COc1ccc(C(=O)N/C(=C\c2ccc(F)cc2)C(=O)Nc2ccc(Cl)c([N+](=O)[O-])c2)cc1. The number of carbonyl (C=O) groups excluding carboxylic acids is 2. The highest BCUT2D eigenvalue weighted by Gasteiger charge is 2.18. The molecular formula is C23H17ClFN3O5. The molecule has 0 aliphatic carbocycles. The topological polar surface area (TPSA) is 111 Å². The van der Waals surface area contributed by atoms with Crippen LogP contribution in [-0.2, 0) is 4.79 Å². The number of halogens is 2. The van der Waals surface area contributed by atoms with Gasteiger partial charge >= 0.3 is 0 Å². The van der Waals surface area contributed by atoms with Crippen LogP contribution in [0.1, 0.15) is 15.9 Å². The lowest BCUT2D eigenvalue weighted by Gasteiger charge is -2.12. The van der Waals surface area contributed by atoms with Crippen molar-refractivity contribution in [2.75, 3.05) is 12.4 Å². The molecule has 33 heavy (non-hydrogen) atoms. The molecule has 0 saturated carbocycles. The van der Waals surface area contributed by atoms with Gasteiger partial charge in [0.1, 0.15) is 22.3 Å². The van der Waals surface area contributed by atoms with Gasteiger partial charge in [0.2, 0.25) is 0 Å². The summed E-state index contributed by atoms with van der Waals surface area (Å²) in [4.78, 5) is 36.1. The Balaban J connectivity index is 1.90. The van der Waals surface area contributed by atoms with Gasteiger partial charge in [-0.3, -0.25) is 19.7 Å². The van der Waals surface area contributed by atoms with Crippen molar-refractivity contribution in [1.82, 2.24) is 5.32 Å². The molecule has 3 aromatic rings. The monoisotopic (exact) mass is 469 g/mol. The molecule has 0 fully saturated rings. The van der Waals surface area contributed by atoms with Crippen molar-refractivity contribution in [3.8, 4) is 5.75 Å². The fraction of sp³-hybridized carbons (Fsp3) is 0.0435. The zero-order valence-electron chi connectivity index (χ0n) is 17.2. The molecule has 168 valence electrons. The van der Waals surface area contributed by atoms with Gasteiger partial charge in [-0.05, 0) is 60.2 Å². The van der Waals surface area contributed by atoms with Gasteiger partial charge in [-0.15, -0.1) is 0 Å². The first-order valence-electron chi connectivity index (χ1n) is 9.45. The second-order valence-corrected chi connectivity index (χ2v) is 7.08. The summed E-state index contributed by atoms with van der Waals surface area (Å²) in [5, 5.41) is 16.0. The molecule has 0 heterocycles. The minimum absolute atomic E-state index is 0.0899. The number of nitrogens with one attached hydrogen (secondary N) is 2. The number of nitrogens with zero attached hydrogens (tertiary/aromatic N) is 1. The molecule has 0 aliphatic heterocycles. The van der Waals surface area contributed by atoms with E-state index in [4.69, 9.17) is 16.3 Å². The van der Waals surface area contributed by atoms with Crippen LogP contribution in [0.25, 0.3) is 6.08 Å². The van der Waals surface area contributed by atoms with E-state index < -0.39 is 22.6 Å². The molecule has 0 unspecified atom stereocenters. The maximum Gasteiger partial charge on any atom is 0.289 e. The van der Waals surface area contributed by atoms with Gasteiger partial charge in [0.05, 0.1) is 12.0 Å². The van der Waals surface area contributed by atoms with E-state index in [1.54, 1.807) is 12.1 Å². The van der Waals surface area contributed by atoms with Crippen molar-refractivity contribution in [1.29, 1.82) is 0 Å². The van der Waals surface area contributed by atoms with E-state index in [-0.39, 0.29) is 27.7 Å². The molecular weight excluding hydrogens is 453 g/mol. The van der Waals surface area contributed by atoms with Crippen LogP contribution in [0.4, 0.5) is 15.8 Å². The summed E-state index contributed by atoms with van der Waals surface area (Å²) in [6.07, 6.45) is 1.35. The van der Waals surface area contributed by atoms with Crippen molar-refractivity contribution >= 4 is 40.9 Å². The number of hydrogen-bond acceptors (Lipinski definition) is 5. The summed E-state index contributed by atoms with van der Waals surface area (Å²) >= 11 is 5.81. The Bertz CT molecular complexity index is 1230. The Hall–Kier alpha value is -4.24. The smallest absolute Gasteiger partial charge is 0.289 e. The maximum atomic E-state index is 13.3. The number of anilines is 1. The average Bonchev–Trinajstić information content (AvgIpc) is 2.81. The largest absolute Gasteiger partial charge is 0.497 e. The fourth-order valence-electron chi connectivity index (χ4n) is 2.75. The number of amides is 2. The molecule has 0 radical (unpaired) electrons. The van der Waals surface area contributed by atoms with Crippen LogP contribution in [0.2, 0.25) is 5.02 Å². The first kappa shape index (κ1) is 23.4. The van der Waals surface area contributed by atoms with Gasteiger partial charge in [0.15, 0.2) is 0 Å². The number of nitro benzene ring substituents is 1. The number of carbonyl (C=O) groups is 2. The van der Waals surface area contributed by atoms with E-state index in [0.717, 1.165) is 6.07 Å². The summed E-state index contributed by atoms with van der Waals surface area (Å²) in [6.45, 7) is 0. The van der Waals surface area contributed by atoms with Crippen molar-refractivity contribution in [2.45, 2.75) is 0 Å². The molecule has 0 saturated heterocycles. The lowest BCUT2D eigenvalue weighted by atomic mass is 10.1. The van der Waals surface area contributed by atoms with Crippen LogP contribution < -0.4 is 15.4 Å². The third-order valence-corrected chi connectivity index (χ3v) is 4.75. The van der Waals surface area contributed by atoms with Gasteiger partial charge in [-0.25, -0.2) is 4.39 Å². The Morgan fingerprint density at radius 2 is 1.73 bits per heavy atom. The number of ether oxygens (including phenoxy) is 1. The molecule has 8 nitrogen and oxygen atoms in total. The molecule has 0 atom stereocenters. The van der Waals surface area contributed by atoms with Gasteiger partial charge in [0, 0.05) is 17.3 Å². The Labute approximate surface area is 192 Å². The minimum atomic E-state index is -0.752. The molecule has 0 bridgehead atoms. The van der Waals surface area contributed by atoms with E-state index >= 15 is 0 Å². The van der Waals surface area contributed by atoms with Gasteiger partial charge in [-0.2, -0.15) is 0 Å². The molecule has 2 N–H and O–H groups in total. The van der Waals surface area contributed by atoms with E-state index in [9.17, 15) is 24.1 Å². The standard InChI is InChI=1S/C23H17ClFN3O5/c1-33-18-9-4-15(5-10-18)22(29)27-20(12-14-2-6-16(25)7-3-14)23(30)26-17-8-11-19(24)21(13-17)28(31)32/h2-13H,1H3,(H,26,30)(H,27,29)/b20-12-. The first-order valence-corrected chi connectivity index (χ1v) is 9.82. The first-order chi connectivity index (χ1) is 15.8. The van der Waals surface area contributed by atoms with E-state index in [0.29, 0.717) is 11.3 Å². The molecule has 0 aliphatic rings. The number of methoxy groups -OCH3 is 1. The average molecular weight is 470 g/mol. The molecule has 3 rings (SSSR count). The summed E-state index contributed by atoms with van der Waals surface area (Å²) in [5.74, 6) is -1.24.